The molecule has 2 atom stereocenters. The molecule has 2 heterocycles. The van der Waals surface area contributed by atoms with E-state index in [-0.39, 0.29) is 12.3 Å². The van der Waals surface area contributed by atoms with Gasteiger partial charge in [-0.25, -0.2) is 0 Å². The van der Waals surface area contributed by atoms with E-state index in [4.69, 9.17) is 0 Å². The third kappa shape index (κ3) is 4.60. The summed E-state index contributed by atoms with van der Waals surface area (Å²) < 4.78 is 2.45. The number of nitrogens with one attached hydrogen (secondary N) is 2. The minimum atomic E-state index is -0.153. The van der Waals surface area contributed by atoms with E-state index in [1.807, 2.05) is 11.8 Å². The van der Waals surface area contributed by atoms with E-state index in [0.29, 0.717) is 0 Å². The van der Waals surface area contributed by atoms with Crippen molar-refractivity contribution in [3.05, 3.63) is 162 Å². The fraction of sp³-hybridized carbons (Fsp3) is 0.0769. The van der Waals surface area contributed by atoms with Crippen molar-refractivity contribution in [2.75, 3.05) is 5.32 Å². The topological polar surface area (TPSA) is 29.0 Å². The number of anilines is 1. The molecule has 0 fully saturated rings. The first-order chi connectivity index (χ1) is 21.2. The van der Waals surface area contributed by atoms with Crippen LogP contribution in [0.1, 0.15) is 29.0 Å². The van der Waals surface area contributed by atoms with Crippen LogP contribution >= 0.6 is 11.8 Å². The van der Waals surface area contributed by atoms with Crippen molar-refractivity contribution in [2.24, 2.45) is 0 Å². The Kier molecular flexibility index (Phi) is 6.51. The van der Waals surface area contributed by atoms with Gasteiger partial charge in [0, 0.05) is 26.3 Å². The van der Waals surface area contributed by atoms with Crippen LogP contribution in [-0.4, -0.2) is 4.57 Å². The van der Waals surface area contributed by atoms with Crippen molar-refractivity contribution in [3.63, 3.8) is 0 Å². The summed E-state index contributed by atoms with van der Waals surface area (Å²) in [6.45, 7) is 2.22. The summed E-state index contributed by atoms with van der Waals surface area (Å²) >= 11 is 1.85. The van der Waals surface area contributed by atoms with Crippen LogP contribution in [0.3, 0.4) is 0 Å². The van der Waals surface area contributed by atoms with E-state index < -0.39 is 0 Å². The molecule has 1 aliphatic heterocycles. The summed E-state index contributed by atoms with van der Waals surface area (Å²) in [6.07, 6.45) is -0.153. The molecular formula is C39H31N3S. The summed E-state index contributed by atoms with van der Waals surface area (Å²) in [5, 5.41) is 10.4. The second-order valence-electron chi connectivity index (χ2n) is 11.1. The number of benzene rings is 6. The lowest BCUT2D eigenvalue weighted by Crippen LogP contribution is -2.40. The number of aromatic nitrogens is 1. The van der Waals surface area contributed by atoms with Gasteiger partial charge in [-0.2, -0.15) is 0 Å². The van der Waals surface area contributed by atoms with Crippen molar-refractivity contribution in [2.45, 2.75) is 29.0 Å². The Morgan fingerprint density at radius 2 is 1.35 bits per heavy atom. The molecule has 2 N–H and O–H groups in total. The Morgan fingerprint density at radius 1 is 0.628 bits per heavy atom. The predicted molar refractivity (Wildman–Crippen MR) is 181 cm³/mol. The molecule has 0 aliphatic carbocycles. The molecule has 1 aromatic heterocycles. The standard InChI is InChI=1S/C39H31N3S/c1-26-23-24-35-36(38(26)43-30-17-6-3-7-18-30)32-20-9-11-22-34(32)42(35)39-40-33-21-10-8-19-31(33)37(41-39)29-16-12-15-28(25-29)27-13-4-2-5-14-27/h2-25,37,39-41H,1H3. The van der Waals surface area contributed by atoms with Gasteiger partial charge in [0.1, 0.15) is 0 Å². The number of nitrogens with zero attached hydrogens (tertiary/aromatic N) is 1. The second-order valence-corrected chi connectivity index (χ2v) is 12.2. The van der Waals surface area contributed by atoms with Crippen LogP contribution in [0.25, 0.3) is 32.9 Å². The molecule has 1 aliphatic rings. The first-order valence-electron chi connectivity index (χ1n) is 14.8. The van der Waals surface area contributed by atoms with E-state index in [1.54, 1.807) is 0 Å². The molecule has 6 aromatic carbocycles. The zero-order valence-corrected chi connectivity index (χ0v) is 24.7. The van der Waals surface area contributed by atoms with E-state index >= 15 is 0 Å². The molecule has 7 aromatic rings. The Bertz CT molecular complexity index is 2080. The lowest BCUT2D eigenvalue weighted by atomic mass is 9.93. The lowest BCUT2D eigenvalue weighted by molar-refractivity contribution is 0.417. The summed E-state index contributed by atoms with van der Waals surface area (Å²) in [5.74, 6) is 0. The molecular weight excluding hydrogens is 543 g/mol. The van der Waals surface area contributed by atoms with E-state index in [1.165, 1.54) is 59.4 Å². The molecule has 3 nitrogen and oxygen atoms in total. The highest BCUT2D eigenvalue weighted by Gasteiger charge is 2.30. The Hall–Kier alpha value is -4.77. The second kappa shape index (κ2) is 10.8. The molecule has 0 saturated heterocycles. The monoisotopic (exact) mass is 573 g/mol. The van der Waals surface area contributed by atoms with Gasteiger partial charge < -0.3 is 9.88 Å². The minimum absolute atomic E-state index is 0.0194. The van der Waals surface area contributed by atoms with Gasteiger partial charge in [0.25, 0.3) is 0 Å². The number of rotatable bonds is 5. The molecule has 0 amide bonds. The van der Waals surface area contributed by atoms with Gasteiger partial charge in [-0.15, -0.1) is 0 Å². The average molecular weight is 574 g/mol. The lowest BCUT2D eigenvalue weighted by Gasteiger charge is -2.36. The van der Waals surface area contributed by atoms with Crippen LogP contribution in [0.15, 0.2) is 155 Å². The van der Waals surface area contributed by atoms with Gasteiger partial charge in [-0.3, -0.25) is 5.32 Å². The first-order valence-corrected chi connectivity index (χ1v) is 15.6. The molecule has 0 saturated carbocycles. The van der Waals surface area contributed by atoms with Gasteiger partial charge in [0.05, 0.1) is 17.1 Å². The van der Waals surface area contributed by atoms with E-state index in [9.17, 15) is 0 Å². The van der Waals surface area contributed by atoms with Gasteiger partial charge in [-0.1, -0.05) is 121 Å². The summed E-state index contributed by atoms with van der Waals surface area (Å²) in [7, 11) is 0. The largest absolute Gasteiger partial charge is 0.352 e. The molecule has 43 heavy (non-hydrogen) atoms. The highest BCUT2D eigenvalue weighted by molar-refractivity contribution is 7.99. The molecule has 208 valence electrons. The maximum atomic E-state index is 4.02. The normalized spacial score (nSPS) is 16.2. The third-order valence-corrected chi connectivity index (χ3v) is 9.70. The fourth-order valence-corrected chi connectivity index (χ4v) is 7.51. The van der Waals surface area contributed by atoms with E-state index in [2.05, 4.69) is 168 Å². The molecule has 0 bridgehead atoms. The fourth-order valence-electron chi connectivity index (χ4n) is 6.44. The number of hydrogen-bond acceptors (Lipinski definition) is 3. The highest BCUT2D eigenvalue weighted by Crippen LogP contribution is 2.44. The summed E-state index contributed by atoms with van der Waals surface area (Å²) in [5.41, 5.74) is 9.81. The highest BCUT2D eigenvalue weighted by atomic mass is 32.2. The van der Waals surface area contributed by atoms with Crippen LogP contribution < -0.4 is 10.6 Å². The number of para-hydroxylation sites is 2. The molecule has 4 heteroatoms. The van der Waals surface area contributed by atoms with Crippen LogP contribution in [0.5, 0.6) is 0 Å². The van der Waals surface area contributed by atoms with Crippen LogP contribution in [0, 0.1) is 6.92 Å². The average Bonchev–Trinajstić information content (AvgIpc) is 3.41. The van der Waals surface area contributed by atoms with Crippen molar-refractivity contribution >= 4 is 39.3 Å². The molecule has 0 radical (unpaired) electrons. The summed E-state index contributed by atoms with van der Waals surface area (Å²) in [6, 6.07) is 52.3. The van der Waals surface area contributed by atoms with Crippen molar-refractivity contribution < 1.29 is 0 Å². The van der Waals surface area contributed by atoms with Gasteiger partial charge in [0.2, 0.25) is 0 Å². The number of aryl methyl sites for hydroxylation is 1. The molecule has 8 rings (SSSR count). The van der Waals surface area contributed by atoms with Gasteiger partial charge in [0.15, 0.2) is 6.29 Å². The smallest absolute Gasteiger partial charge is 0.160 e. The maximum absolute atomic E-state index is 4.02. The Labute approximate surface area is 256 Å². The number of fused-ring (bicyclic) bond motifs is 4. The molecule has 0 spiro atoms. The third-order valence-electron chi connectivity index (χ3n) is 8.46. The SMILES string of the molecule is Cc1ccc2c(c1Sc1ccccc1)c1ccccc1n2C1Nc2ccccc2C(c2cccc(-c3ccccc3)c2)N1. The zero-order valence-electron chi connectivity index (χ0n) is 23.9. The van der Waals surface area contributed by atoms with Crippen molar-refractivity contribution in [1.82, 2.24) is 9.88 Å². The van der Waals surface area contributed by atoms with Crippen molar-refractivity contribution in [1.29, 1.82) is 0 Å². The Balaban J connectivity index is 1.29. The number of hydrogen-bond donors (Lipinski definition) is 2. The van der Waals surface area contributed by atoms with Crippen LogP contribution in [0.4, 0.5) is 5.69 Å². The zero-order chi connectivity index (χ0) is 28.8. The summed E-state index contributed by atoms with van der Waals surface area (Å²) in [4.78, 5) is 2.55. The van der Waals surface area contributed by atoms with Gasteiger partial charge >= 0.3 is 0 Å². The van der Waals surface area contributed by atoms with E-state index in [0.717, 1.165) is 5.69 Å². The molecule has 2 unspecified atom stereocenters. The predicted octanol–water partition coefficient (Wildman–Crippen LogP) is 10.2. The Morgan fingerprint density at radius 3 is 2.21 bits per heavy atom. The quantitative estimate of drug-likeness (QED) is 0.215. The van der Waals surface area contributed by atoms with Crippen molar-refractivity contribution in [3.8, 4) is 11.1 Å². The maximum Gasteiger partial charge on any atom is 0.160 e. The van der Waals surface area contributed by atoms with Crippen LogP contribution in [-0.2, 0) is 0 Å². The van der Waals surface area contributed by atoms with Crippen LogP contribution in [0.2, 0.25) is 0 Å². The van der Waals surface area contributed by atoms with Gasteiger partial charge in [-0.05, 0) is 71.1 Å². The minimum Gasteiger partial charge on any atom is -0.352 e. The first kappa shape index (κ1) is 25.9.